The van der Waals surface area contributed by atoms with Gasteiger partial charge in [-0.2, -0.15) is 13.4 Å². The van der Waals surface area contributed by atoms with Crippen LogP contribution in [-0.4, -0.2) is 32.9 Å². The number of aromatic nitrogens is 4. The van der Waals surface area contributed by atoms with Crippen LogP contribution in [0.25, 0.3) is 11.2 Å². The fourth-order valence-corrected chi connectivity index (χ4v) is 1.30. The van der Waals surface area contributed by atoms with Crippen molar-refractivity contribution in [2.45, 2.75) is 5.16 Å². The number of nitrogens with zero attached hydrogens (tertiary/aromatic N) is 3. The summed E-state index contributed by atoms with van der Waals surface area (Å²) < 4.78 is 29.9. The predicted molar refractivity (Wildman–Crippen MR) is 41.5 cm³/mol. The van der Waals surface area contributed by atoms with E-state index in [4.69, 9.17) is 4.55 Å². The average Bonchev–Trinajstić information content (AvgIpc) is 2.45. The number of rotatable bonds is 1. The maximum Gasteiger partial charge on any atom is 1.00 e. The summed E-state index contributed by atoms with van der Waals surface area (Å²) in [5.74, 6) is 0. The molecule has 0 radical (unpaired) electrons. The van der Waals surface area contributed by atoms with E-state index < -0.39 is 15.3 Å². The third kappa shape index (κ3) is 2.36. The van der Waals surface area contributed by atoms with Crippen LogP contribution in [0.15, 0.2) is 17.7 Å². The first-order valence-electron chi connectivity index (χ1n) is 3.20. The van der Waals surface area contributed by atoms with Gasteiger partial charge in [-0.3, -0.25) is 4.55 Å². The molecule has 2 heterocycles. The summed E-state index contributed by atoms with van der Waals surface area (Å²) in [6.07, 6.45) is 2.60. The smallest absolute Gasteiger partial charge is 0.324 e. The fourth-order valence-electron chi connectivity index (χ4n) is 0.862. The summed E-state index contributed by atoms with van der Waals surface area (Å²) in [6.45, 7) is 0. The quantitative estimate of drug-likeness (QED) is 0.397. The van der Waals surface area contributed by atoms with Crippen molar-refractivity contribution in [3.05, 3.63) is 12.5 Å². The number of fused-ring (bicyclic) bond motifs is 1. The number of imidazole rings is 1. The maximum absolute atomic E-state index is 10.6. The van der Waals surface area contributed by atoms with Gasteiger partial charge in [0.05, 0.1) is 6.20 Å². The van der Waals surface area contributed by atoms with Gasteiger partial charge in [0.25, 0.3) is 5.16 Å². The average molecular weight is 239 g/mol. The molecule has 0 unspecified atom stereocenters. The molecule has 2 rings (SSSR count). The van der Waals surface area contributed by atoms with Gasteiger partial charge in [-0.1, -0.05) is 0 Å². The molecule has 0 spiro atoms. The first kappa shape index (κ1) is 12.2. The minimum atomic E-state index is -4.30. The van der Waals surface area contributed by atoms with E-state index in [2.05, 4.69) is 19.9 Å². The minimum Gasteiger partial charge on any atom is -0.324 e. The largest absolute Gasteiger partial charge is 1.00 e. The zero-order valence-corrected chi connectivity index (χ0v) is 11.1. The number of hydrogen-bond donors (Lipinski definition) is 2. The van der Waals surface area contributed by atoms with Crippen LogP contribution in [0.1, 0.15) is 0 Å². The summed E-state index contributed by atoms with van der Waals surface area (Å²) in [5, 5.41) is -0.525. The zero-order valence-electron chi connectivity index (χ0n) is 7.17. The van der Waals surface area contributed by atoms with E-state index >= 15 is 0 Å². The molecule has 2 N–H and O–H groups in total. The van der Waals surface area contributed by atoms with Gasteiger partial charge in [0.2, 0.25) is 0 Å². The standard InChI is InChI=1S/C5H4N4O3S.K/c10-13(11,12)5-8-3-1-6-2-7-4(3)9-5;/h1-2H,(H,10,11,12)(H,6,7,8,9);/q;+1. The molecule has 68 valence electrons. The van der Waals surface area contributed by atoms with E-state index in [1.165, 1.54) is 12.5 Å². The Bertz CT molecular complexity index is 518. The molecule has 0 aliphatic carbocycles. The Labute approximate surface area is 122 Å². The maximum atomic E-state index is 10.6. The van der Waals surface area contributed by atoms with Gasteiger partial charge in [0.1, 0.15) is 11.8 Å². The van der Waals surface area contributed by atoms with Crippen molar-refractivity contribution >= 4 is 21.3 Å². The third-order valence-corrected chi connectivity index (χ3v) is 2.07. The predicted octanol–water partition coefficient (Wildman–Crippen LogP) is -3.40. The van der Waals surface area contributed by atoms with Gasteiger partial charge in [-0.25, -0.2) is 9.97 Å². The monoisotopic (exact) mass is 239 g/mol. The van der Waals surface area contributed by atoms with Crippen molar-refractivity contribution in [3.8, 4) is 0 Å². The Kier molecular flexibility index (Phi) is 3.74. The van der Waals surface area contributed by atoms with Gasteiger partial charge in [0.15, 0.2) is 5.65 Å². The number of H-pyrrole nitrogens is 1. The summed E-state index contributed by atoms with van der Waals surface area (Å²) in [4.78, 5) is 13.2. The normalized spacial score (nSPS) is 11.2. The van der Waals surface area contributed by atoms with Crippen molar-refractivity contribution in [1.29, 1.82) is 0 Å². The molecule has 0 saturated carbocycles. The van der Waals surface area contributed by atoms with Gasteiger partial charge in [0, 0.05) is 0 Å². The molecule has 0 aliphatic heterocycles. The van der Waals surface area contributed by atoms with Gasteiger partial charge < -0.3 is 4.98 Å². The van der Waals surface area contributed by atoms with E-state index in [1.807, 2.05) is 0 Å². The molecular weight excluding hydrogens is 235 g/mol. The Morgan fingerprint density at radius 1 is 1.43 bits per heavy atom. The second-order valence-electron chi connectivity index (χ2n) is 2.28. The van der Waals surface area contributed by atoms with Crippen LogP contribution in [0.2, 0.25) is 0 Å². The van der Waals surface area contributed by atoms with E-state index in [9.17, 15) is 8.42 Å². The van der Waals surface area contributed by atoms with Crippen LogP contribution in [0.4, 0.5) is 0 Å². The van der Waals surface area contributed by atoms with Gasteiger partial charge in [-0.15, -0.1) is 0 Å². The molecule has 0 aliphatic rings. The van der Waals surface area contributed by atoms with Crippen LogP contribution in [0, 0.1) is 0 Å². The number of aromatic amines is 1. The molecule has 0 aromatic carbocycles. The molecule has 0 saturated heterocycles. The second kappa shape index (κ2) is 4.31. The molecule has 0 bridgehead atoms. The van der Waals surface area contributed by atoms with Crippen molar-refractivity contribution in [1.82, 2.24) is 19.9 Å². The van der Waals surface area contributed by atoms with Crippen LogP contribution in [0.3, 0.4) is 0 Å². The number of hydrogen-bond acceptors (Lipinski definition) is 5. The molecule has 0 fully saturated rings. The van der Waals surface area contributed by atoms with Crippen molar-refractivity contribution < 1.29 is 64.4 Å². The van der Waals surface area contributed by atoms with E-state index in [-0.39, 0.29) is 57.0 Å². The first-order valence-corrected chi connectivity index (χ1v) is 4.64. The van der Waals surface area contributed by atoms with Crippen LogP contribution in [0.5, 0.6) is 0 Å². The van der Waals surface area contributed by atoms with Crippen LogP contribution < -0.4 is 51.4 Å². The molecular formula is C5H4KN4O3S+. The van der Waals surface area contributed by atoms with E-state index in [0.717, 1.165) is 0 Å². The Morgan fingerprint density at radius 3 is 2.71 bits per heavy atom. The van der Waals surface area contributed by atoms with Crippen molar-refractivity contribution in [3.63, 3.8) is 0 Å². The molecule has 14 heavy (non-hydrogen) atoms. The molecule has 2 aromatic rings. The molecule has 7 nitrogen and oxygen atoms in total. The Hall–Kier alpha value is 0.0964. The number of nitrogens with one attached hydrogen (secondary N) is 1. The van der Waals surface area contributed by atoms with Gasteiger partial charge >= 0.3 is 61.5 Å². The fraction of sp³-hybridized carbons (Fsp3) is 0. The molecule has 2 aromatic heterocycles. The molecule has 0 atom stereocenters. The third-order valence-electron chi connectivity index (χ3n) is 1.38. The Morgan fingerprint density at radius 2 is 2.14 bits per heavy atom. The van der Waals surface area contributed by atoms with Crippen molar-refractivity contribution in [2.24, 2.45) is 0 Å². The van der Waals surface area contributed by atoms with Crippen LogP contribution in [-0.2, 0) is 10.1 Å². The summed E-state index contributed by atoms with van der Waals surface area (Å²) >= 11 is 0. The van der Waals surface area contributed by atoms with E-state index in [1.54, 1.807) is 0 Å². The molecule has 9 heteroatoms. The first-order chi connectivity index (χ1) is 6.07. The molecule has 0 amide bonds. The topological polar surface area (TPSA) is 109 Å². The Balaban J connectivity index is 0.000000980. The second-order valence-corrected chi connectivity index (χ2v) is 3.61. The summed E-state index contributed by atoms with van der Waals surface area (Å²) in [7, 11) is -4.30. The minimum absolute atomic E-state index is 0. The van der Waals surface area contributed by atoms with E-state index in [0.29, 0.717) is 5.52 Å². The van der Waals surface area contributed by atoms with Gasteiger partial charge in [-0.05, 0) is 0 Å². The summed E-state index contributed by atoms with van der Waals surface area (Å²) in [5.41, 5.74) is 0.553. The summed E-state index contributed by atoms with van der Waals surface area (Å²) in [6, 6.07) is 0. The zero-order chi connectivity index (χ0) is 9.47. The van der Waals surface area contributed by atoms with Crippen LogP contribution >= 0.6 is 0 Å². The van der Waals surface area contributed by atoms with Crippen molar-refractivity contribution in [2.75, 3.05) is 0 Å². The SMILES string of the molecule is O=S(=O)(O)c1nc2ncncc2[nH]1.[K+].